The second-order valence-corrected chi connectivity index (χ2v) is 7.15. The van der Waals surface area contributed by atoms with Gasteiger partial charge in [0.15, 0.2) is 0 Å². The highest BCUT2D eigenvalue weighted by Gasteiger charge is 2.40. The number of nitro groups is 1. The third-order valence-electron chi connectivity index (χ3n) is 5.22. The first kappa shape index (κ1) is 17.9. The van der Waals surface area contributed by atoms with E-state index in [4.69, 9.17) is 11.6 Å². The lowest BCUT2D eigenvalue weighted by atomic mass is 9.76. The molecule has 1 heterocycles. The molecule has 3 atom stereocenters. The molecule has 0 aromatic heterocycles. The second kappa shape index (κ2) is 6.27. The van der Waals surface area contributed by atoms with Crippen molar-refractivity contribution in [3.8, 4) is 0 Å². The van der Waals surface area contributed by atoms with Gasteiger partial charge in [0, 0.05) is 17.7 Å². The first-order chi connectivity index (χ1) is 12.8. The number of hydrogen-bond donors (Lipinski definition) is 1. The quantitative estimate of drug-likeness (QED) is 0.380. The van der Waals surface area contributed by atoms with E-state index >= 15 is 0 Å². The highest BCUT2D eigenvalue weighted by Crippen LogP contribution is 2.51. The van der Waals surface area contributed by atoms with Crippen molar-refractivity contribution in [3.63, 3.8) is 0 Å². The highest BCUT2D eigenvalue weighted by molar-refractivity contribution is 6.32. The molecule has 27 heavy (non-hydrogen) atoms. The fourth-order valence-corrected chi connectivity index (χ4v) is 4.15. The minimum atomic E-state index is -4.40. The molecule has 8 heteroatoms. The summed E-state index contributed by atoms with van der Waals surface area (Å²) < 4.78 is 39.3. The summed E-state index contributed by atoms with van der Waals surface area (Å²) >= 11 is 5.90. The molecule has 1 N–H and O–H groups in total. The maximum Gasteiger partial charge on any atom is 0.416 e. The van der Waals surface area contributed by atoms with Gasteiger partial charge in [0.05, 0.1) is 16.5 Å². The van der Waals surface area contributed by atoms with Gasteiger partial charge < -0.3 is 5.32 Å². The summed E-state index contributed by atoms with van der Waals surface area (Å²) in [5.41, 5.74) is 1.04. The Hall–Kier alpha value is -2.54. The predicted molar refractivity (Wildman–Crippen MR) is 95.9 cm³/mol. The zero-order valence-corrected chi connectivity index (χ0v) is 14.6. The first-order valence-corrected chi connectivity index (χ1v) is 8.71. The van der Waals surface area contributed by atoms with Gasteiger partial charge in [0.2, 0.25) is 0 Å². The highest BCUT2D eigenvalue weighted by atomic mass is 35.5. The number of fused-ring (bicyclic) bond motifs is 3. The summed E-state index contributed by atoms with van der Waals surface area (Å²) in [5.74, 6) is -0.204. The molecule has 0 spiro atoms. The number of nitro benzene ring substituents is 1. The number of halogens is 4. The number of rotatable bonds is 2. The van der Waals surface area contributed by atoms with Crippen LogP contribution in [-0.2, 0) is 6.18 Å². The molecule has 2 aliphatic rings. The van der Waals surface area contributed by atoms with E-state index in [1.165, 1.54) is 24.3 Å². The molecule has 4 rings (SSSR count). The molecule has 0 fully saturated rings. The van der Waals surface area contributed by atoms with E-state index in [0.29, 0.717) is 23.2 Å². The Labute approximate surface area is 157 Å². The minimum absolute atomic E-state index is 0.0261. The van der Waals surface area contributed by atoms with Gasteiger partial charge in [-0.15, -0.1) is 0 Å². The predicted octanol–water partition coefficient (Wildman–Crippen LogP) is 6.09. The number of benzene rings is 2. The van der Waals surface area contributed by atoms with Gasteiger partial charge in [-0.2, -0.15) is 13.2 Å². The summed E-state index contributed by atoms with van der Waals surface area (Å²) in [5, 5.41) is 14.5. The van der Waals surface area contributed by atoms with Crippen LogP contribution in [0.3, 0.4) is 0 Å². The Balaban J connectivity index is 1.77. The van der Waals surface area contributed by atoms with E-state index in [9.17, 15) is 23.3 Å². The average Bonchev–Trinajstić information content (AvgIpc) is 3.10. The smallest absolute Gasteiger partial charge is 0.378 e. The summed E-state index contributed by atoms with van der Waals surface area (Å²) in [4.78, 5) is 10.7. The van der Waals surface area contributed by atoms with Crippen LogP contribution in [0.2, 0.25) is 5.02 Å². The van der Waals surface area contributed by atoms with Gasteiger partial charge in [0.25, 0.3) is 5.69 Å². The van der Waals surface area contributed by atoms with Crippen molar-refractivity contribution in [1.29, 1.82) is 0 Å². The van der Waals surface area contributed by atoms with E-state index in [0.717, 1.165) is 6.07 Å². The van der Waals surface area contributed by atoms with Crippen molar-refractivity contribution in [2.75, 3.05) is 5.32 Å². The Morgan fingerprint density at radius 2 is 1.96 bits per heavy atom. The lowest BCUT2D eigenvalue weighted by Crippen LogP contribution is -2.29. The number of anilines is 1. The molecule has 4 nitrogen and oxygen atoms in total. The number of hydrogen-bond acceptors (Lipinski definition) is 3. The molecule has 2 aromatic rings. The topological polar surface area (TPSA) is 55.2 Å². The van der Waals surface area contributed by atoms with Crippen molar-refractivity contribution >= 4 is 23.0 Å². The summed E-state index contributed by atoms with van der Waals surface area (Å²) in [6.45, 7) is 0. The zero-order chi connectivity index (χ0) is 19.3. The van der Waals surface area contributed by atoms with E-state index in [-0.39, 0.29) is 28.6 Å². The van der Waals surface area contributed by atoms with Crippen molar-refractivity contribution in [2.24, 2.45) is 5.92 Å². The molecule has 1 aliphatic carbocycles. The summed E-state index contributed by atoms with van der Waals surface area (Å²) in [6.07, 6.45) is 0.139. The molecule has 140 valence electrons. The number of nitrogens with zero attached hydrogens (tertiary/aromatic N) is 1. The monoisotopic (exact) mass is 394 g/mol. The zero-order valence-electron chi connectivity index (χ0n) is 13.8. The van der Waals surface area contributed by atoms with Crippen LogP contribution in [0, 0.1) is 16.0 Å². The van der Waals surface area contributed by atoms with Crippen molar-refractivity contribution in [2.45, 2.75) is 24.6 Å². The molecule has 0 saturated carbocycles. The van der Waals surface area contributed by atoms with Crippen molar-refractivity contribution in [1.82, 2.24) is 0 Å². The summed E-state index contributed by atoms with van der Waals surface area (Å²) in [6, 6.07) is 8.05. The van der Waals surface area contributed by atoms with E-state index in [1.807, 2.05) is 12.2 Å². The Bertz CT molecular complexity index is 958. The standard InChI is InChI=1S/C19H14ClF3N2O2/c20-15-6-4-10(8-17(15)25(26)27)18-13-3-1-2-12(13)14-9-11(19(21,22)23)5-7-16(14)24-18/h1-2,4-9,12-13,18,24H,3H2/t12-,13-,18-/m0/s1. The molecule has 0 bridgehead atoms. The minimum Gasteiger partial charge on any atom is -0.378 e. The van der Waals surface area contributed by atoms with Gasteiger partial charge in [-0.1, -0.05) is 29.8 Å². The van der Waals surface area contributed by atoms with Crippen molar-refractivity contribution in [3.05, 3.63) is 80.4 Å². The van der Waals surface area contributed by atoms with Crippen LogP contribution in [0.5, 0.6) is 0 Å². The molecular formula is C19H14ClF3N2O2. The lowest BCUT2D eigenvalue weighted by Gasteiger charge is -2.37. The average molecular weight is 395 g/mol. The van der Waals surface area contributed by atoms with Crippen LogP contribution in [0.15, 0.2) is 48.6 Å². The molecule has 0 radical (unpaired) electrons. The lowest BCUT2D eigenvalue weighted by molar-refractivity contribution is -0.384. The molecular weight excluding hydrogens is 381 g/mol. The Kier molecular flexibility index (Phi) is 4.14. The van der Waals surface area contributed by atoms with Gasteiger partial charge in [-0.25, -0.2) is 0 Å². The first-order valence-electron chi connectivity index (χ1n) is 8.34. The largest absolute Gasteiger partial charge is 0.416 e. The number of allylic oxidation sites excluding steroid dienone is 2. The molecule has 0 amide bonds. The van der Waals surface area contributed by atoms with Crippen LogP contribution in [0.25, 0.3) is 0 Å². The van der Waals surface area contributed by atoms with Gasteiger partial charge in [-0.3, -0.25) is 10.1 Å². The van der Waals surface area contributed by atoms with E-state index in [1.54, 1.807) is 6.07 Å². The van der Waals surface area contributed by atoms with E-state index in [2.05, 4.69) is 5.32 Å². The van der Waals surface area contributed by atoms with Gasteiger partial charge in [0.1, 0.15) is 5.02 Å². The van der Waals surface area contributed by atoms with Crippen LogP contribution >= 0.6 is 11.6 Å². The third kappa shape index (κ3) is 3.06. The van der Waals surface area contributed by atoms with Crippen LogP contribution in [0.4, 0.5) is 24.5 Å². The SMILES string of the molecule is O=[N+]([O-])c1cc([C@@H]2Nc3ccc(C(F)(F)F)cc3[C@H]3C=CC[C@@H]32)ccc1Cl. The normalized spacial score (nSPS) is 23.5. The van der Waals surface area contributed by atoms with Crippen LogP contribution < -0.4 is 5.32 Å². The second-order valence-electron chi connectivity index (χ2n) is 6.74. The fourth-order valence-electron chi connectivity index (χ4n) is 3.96. The fraction of sp³-hybridized carbons (Fsp3) is 0.263. The van der Waals surface area contributed by atoms with Gasteiger partial charge >= 0.3 is 6.18 Å². The van der Waals surface area contributed by atoms with Gasteiger partial charge in [-0.05, 0) is 47.7 Å². The molecule has 2 aromatic carbocycles. The van der Waals surface area contributed by atoms with Crippen molar-refractivity contribution < 1.29 is 18.1 Å². The van der Waals surface area contributed by atoms with Crippen LogP contribution in [0.1, 0.15) is 35.1 Å². The molecule has 0 unspecified atom stereocenters. The Morgan fingerprint density at radius 1 is 1.19 bits per heavy atom. The van der Waals surface area contributed by atoms with E-state index < -0.39 is 16.7 Å². The number of alkyl halides is 3. The molecule has 0 saturated heterocycles. The maximum atomic E-state index is 13.1. The summed E-state index contributed by atoms with van der Waals surface area (Å²) in [7, 11) is 0. The number of nitrogens with one attached hydrogen (secondary N) is 1. The van der Waals surface area contributed by atoms with Crippen LogP contribution in [-0.4, -0.2) is 4.92 Å². The molecule has 1 aliphatic heterocycles. The maximum absolute atomic E-state index is 13.1. The Morgan fingerprint density at radius 3 is 2.67 bits per heavy atom. The third-order valence-corrected chi connectivity index (χ3v) is 5.54.